The summed E-state index contributed by atoms with van der Waals surface area (Å²) in [5.41, 5.74) is 6.24. The summed E-state index contributed by atoms with van der Waals surface area (Å²) >= 11 is 0. The van der Waals surface area contributed by atoms with Crippen LogP contribution in [0.1, 0.15) is 41.7 Å². The Morgan fingerprint density at radius 1 is 1.36 bits per heavy atom. The highest BCUT2D eigenvalue weighted by Gasteiger charge is 2.46. The lowest BCUT2D eigenvalue weighted by atomic mass is 9.90. The van der Waals surface area contributed by atoms with Crippen molar-refractivity contribution in [1.29, 1.82) is 0 Å². The number of halogens is 1. The van der Waals surface area contributed by atoms with E-state index >= 15 is 0 Å². The van der Waals surface area contributed by atoms with Crippen LogP contribution in [0.2, 0.25) is 0 Å². The van der Waals surface area contributed by atoms with Gasteiger partial charge in [-0.2, -0.15) is 0 Å². The predicted octanol–water partition coefficient (Wildman–Crippen LogP) is 2.88. The molecule has 1 spiro atoms. The van der Waals surface area contributed by atoms with Crippen molar-refractivity contribution < 1.29 is 9.18 Å². The summed E-state index contributed by atoms with van der Waals surface area (Å²) in [6, 6.07) is 3.21. The van der Waals surface area contributed by atoms with Crippen LogP contribution in [-0.4, -0.2) is 27.0 Å². The molecule has 2 aromatic rings. The highest BCUT2D eigenvalue weighted by molar-refractivity contribution is 5.99. The Labute approximate surface area is 161 Å². The number of nitrogen functional groups attached to an aromatic ring is 1. The maximum absolute atomic E-state index is 13.3. The standard InChI is InChI=1S/C20H22FN5O2/c1-12-7-14(25-17-8-16(22)23-11-24-17)19(28)26-18(12)15(27)10-20(26)5-4-13(9-20)3-2-6-21/h4-5,7-8,11,13H,2-3,6,9-10H2,1H3,(H3,22,23,24,25). The lowest BCUT2D eigenvalue weighted by Gasteiger charge is -2.26. The molecule has 146 valence electrons. The quantitative estimate of drug-likeness (QED) is 0.770. The number of nitrogens with zero attached hydrogens (tertiary/aromatic N) is 3. The molecule has 8 heteroatoms. The summed E-state index contributed by atoms with van der Waals surface area (Å²) in [5, 5.41) is 3.00. The summed E-state index contributed by atoms with van der Waals surface area (Å²) in [4.78, 5) is 34.0. The number of hydrogen-bond donors (Lipinski definition) is 2. The lowest BCUT2D eigenvalue weighted by Crippen LogP contribution is -2.37. The van der Waals surface area contributed by atoms with Crippen molar-refractivity contribution in [2.24, 2.45) is 5.92 Å². The first-order valence-electron chi connectivity index (χ1n) is 9.34. The van der Waals surface area contributed by atoms with Crippen LogP contribution in [0, 0.1) is 12.8 Å². The monoisotopic (exact) mass is 383 g/mol. The van der Waals surface area contributed by atoms with Crippen LogP contribution in [0.4, 0.5) is 21.7 Å². The second kappa shape index (κ2) is 6.85. The number of anilines is 3. The van der Waals surface area contributed by atoms with Gasteiger partial charge >= 0.3 is 0 Å². The van der Waals surface area contributed by atoms with Gasteiger partial charge in [0.25, 0.3) is 5.56 Å². The highest BCUT2D eigenvalue weighted by Crippen LogP contribution is 2.44. The second-order valence-corrected chi connectivity index (χ2v) is 7.54. The molecule has 0 aromatic carbocycles. The van der Waals surface area contributed by atoms with E-state index < -0.39 is 5.54 Å². The number of nitrogens with two attached hydrogens (primary N) is 1. The molecule has 3 N–H and O–H groups in total. The summed E-state index contributed by atoms with van der Waals surface area (Å²) in [7, 11) is 0. The van der Waals surface area contributed by atoms with E-state index in [0.29, 0.717) is 36.5 Å². The maximum Gasteiger partial charge on any atom is 0.275 e. The van der Waals surface area contributed by atoms with Gasteiger partial charge in [-0.1, -0.05) is 12.2 Å². The third-order valence-electron chi connectivity index (χ3n) is 5.52. The molecule has 4 rings (SSSR count). The maximum atomic E-state index is 13.3. The number of Topliss-reactive ketones (excluding diaryl/α,β-unsaturated/α-hetero) is 1. The summed E-state index contributed by atoms with van der Waals surface area (Å²) in [6.45, 7) is 1.46. The molecular weight excluding hydrogens is 361 g/mol. The highest BCUT2D eigenvalue weighted by atomic mass is 19.1. The Morgan fingerprint density at radius 2 is 2.18 bits per heavy atom. The van der Waals surface area contributed by atoms with Crippen LogP contribution in [0.3, 0.4) is 0 Å². The molecular formula is C20H22FN5O2. The average molecular weight is 383 g/mol. The third-order valence-corrected chi connectivity index (χ3v) is 5.52. The van der Waals surface area contributed by atoms with Gasteiger partial charge in [-0.25, -0.2) is 9.97 Å². The Kier molecular flexibility index (Phi) is 4.49. The van der Waals surface area contributed by atoms with E-state index in [-0.39, 0.29) is 36.2 Å². The van der Waals surface area contributed by atoms with Gasteiger partial charge in [-0.05, 0) is 43.7 Å². The van der Waals surface area contributed by atoms with Crippen molar-refractivity contribution in [3.63, 3.8) is 0 Å². The summed E-state index contributed by atoms with van der Waals surface area (Å²) < 4.78 is 14.2. The van der Waals surface area contributed by atoms with Crippen LogP contribution in [0.15, 0.2) is 35.4 Å². The zero-order chi connectivity index (χ0) is 19.9. The molecule has 2 atom stereocenters. The van der Waals surface area contributed by atoms with Crippen LogP contribution in [0.25, 0.3) is 0 Å². The minimum atomic E-state index is -0.669. The molecule has 2 unspecified atom stereocenters. The lowest BCUT2D eigenvalue weighted by molar-refractivity contribution is 0.0977. The van der Waals surface area contributed by atoms with Gasteiger partial charge < -0.3 is 11.1 Å². The first kappa shape index (κ1) is 18.3. The van der Waals surface area contributed by atoms with Gasteiger partial charge in [0.15, 0.2) is 5.78 Å². The SMILES string of the molecule is Cc1cc(Nc2cc(N)ncn2)c(=O)n2c1C(=O)CC21C=CC(CCCF)C1. The molecule has 1 aliphatic heterocycles. The van der Waals surface area contributed by atoms with Crippen molar-refractivity contribution in [2.75, 3.05) is 17.7 Å². The zero-order valence-corrected chi connectivity index (χ0v) is 15.6. The fourth-order valence-corrected chi connectivity index (χ4v) is 4.36. The molecule has 0 fully saturated rings. The van der Waals surface area contributed by atoms with Gasteiger partial charge in [-0.3, -0.25) is 18.5 Å². The number of alkyl halides is 1. The number of ketones is 1. The van der Waals surface area contributed by atoms with Crippen molar-refractivity contribution in [3.05, 3.63) is 52.2 Å². The molecule has 0 radical (unpaired) electrons. The molecule has 0 bridgehead atoms. The Balaban J connectivity index is 1.75. The van der Waals surface area contributed by atoms with Gasteiger partial charge in [-0.15, -0.1) is 0 Å². The smallest absolute Gasteiger partial charge is 0.275 e. The molecule has 0 amide bonds. The van der Waals surface area contributed by atoms with E-state index in [2.05, 4.69) is 15.3 Å². The van der Waals surface area contributed by atoms with E-state index in [1.807, 2.05) is 19.1 Å². The Hall–Kier alpha value is -3.03. The number of fused-ring (bicyclic) bond motifs is 2. The van der Waals surface area contributed by atoms with Crippen molar-refractivity contribution in [3.8, 4) is 0 Å². The van der Waals surface area contributed by atoms with Gasteiger partial charge in [0.1, 0.15) is 23.7 Å². The molecule has 1 aliphatic carbocycles. The predicted molar refractivity (Wildman–Crippen MR) is 105 cm³/mol. The molecule has 0 saturated heterocycles. The van der Waals surface area contributed by atoms with Gasteiger partial charge in [0.05, 0.1) is 17.9 Å². The van der Waals surface area contributed by atoms with Gasteiger partial charge in [0.2, 0.25) is 0 Å². The van der Waals surface area contributed by atoms with E-state index in [1.165, 1.54) is 12.4 Å². The van der Waals surface area contributed by atoms with E-state index in [4.69, 9.17) is 5.73 Å². The fraction of sp³-hybridized carbons (Fsp3) is 0.400. The zero-order valence-electron chi connectivity index (χ0n) is 15.6. The first-order valence-corrected chi connectivity index (χ1v) is 9.34. The van der Waals surface area contributed by atoms with Crippen LogP contribution < -0.4 is 16.6 Å². The van der Waals surface area contributed by atoms with Crippen molar-refractivity contribution in [2.45, 2.75) is 38.1 Å². The Bertz CT molecular complexity index is 1030. The molecule has 28 heavy (non-hydrogen) atoms. The summed E-state index contributed by atoms with van der Waals surface area (Å²) in [6.07, 6.45) is 7.38. The molecule has 2 aromatic heterocycles. The number of rotatable bonds is 5. The average Bonchev–Trinajstić information content (AvgIpc) is 3.18. The molecule has 0 saturated carbocycles. The van der Waals surface area contributed by atoms with Crippen molar-refractivity contribution in [1.82, 2.24) is 14.5 Å². The second-order valence-electron chi connectivity index (χ2n) is 7.54. The van der Waals surface area contributed by atoms with E-state index in [0.717, 1.165) is 5.56 Å². The minimum absolute atomic E-state index is 0.0387. The molecule has 7 nitrogen and oxygen atoms in total. The third kappa shape index (κ3) is 2.98. The first-order chi connectivity index (χ1) is 13.4. The van der Waals surface area contributed by atoms with Crippen molar-refractivity contribution >= 4 is 23.1 Å². The van der Waals surface area contributed by atoms with Crippen LogP contribution >= 0.6 is 0 Å². The minimum Gasteiger partial charge on any atom is -0.384 e. The number of allylic oxidation sites excluding steroid dienone is 2. The largest absolute Gasteiger partial charge is 0.384 e. The molecule has 2 aliphatic rings. The summed E-state index contributed by atoms with van der Waals surface area (Å²) in [5.74, 6) is 0.825. The number of aromatic nitrogens is 3. The van der Waals surface area contributed by atoms with Gasteiger partial charge in [0, 0.05) is 12.5 Å². The number of carbonyl (C=O) groups is 1. The van der Waals surface area contributed by atoms with Crippen LogP contribution in [0.5, 0.6) is 0 Å². The topological polar surface area (TPSA) is 103 Å². The number of carbonyl (C=O) groups excluding carboxylic acids is 1. The molecule has 3 heterocycles. The fourth-order valence-electron chi connectivity index (χ4n) is 4.36. The number of pyridine rings is 1. The number of aryl methyl sites for hydroxylation is 1. The number of nitrogens with one attached hydrogen (secondary N) is 1. The van der Waals surface area contributed by atoms with E-state index in [9.17, 15) is 14.0 Å². The van der Waals surface area contributed by atoms with Crippen LogP contribution in [-0.2, 0) is 5.54 Å². The Morgan fingerprint density at radius 3 is 2.93 bits per heavy atom. The van der Waals surface area contributed by atoms with E-state index in [1.54, 1.807) is 10.6 Å². The number of hydrogen-bond acceptors (Lipinski definition) is 6. The normalized spacial score (nSPS) is 22.8.